The molecule has 2 nitrogen and oxygen atoms in total. The van der Waals surface area contributed by atoms with Gasteiger partial charge in [0.2, 0.25) is 5.91 Å². The quantitative estimate of drug-likeness (QED) is 0.690. The molecule has 13 heavy (non-hydrogen) atoms. The Bertz CT molecular complexity index is 231. The third kappa shape index (κ3) is 2.62. The second-order valence-electron chi connectivity index (χ2n) is 2.78. The molecule has 1 aliphatic heterocycles. The van der Waals surface area contributed by atoms with Crippen LogP contribution in [0.15, 0.2) is 23.6 Å². The van der Waals surface area contributed by atoms with Gasteiger partial charge in [-0.15, -0.1) is 11.8 Å². The van der Waals surface area contributed by atoms with Crippen LogP contribution in [0.2, 0.25) is 0 Å². The molecule has 1 unspecified atom stereocenters. The summed E-state index contributed by atoms with van der Waals surface area (Å²) in [6.07, 6.45) is 5.84. The second kappa shape index (κ2) is 5.12. The van der Waals surface area contributed by atoms with Crippen molar-refractivity contribution in [3.63, 3.8) is 0 Å². The van der Waals surface area contributed by atoms with Crippen LogP contribution in [0.4, 0.5) is 0 Å². The second-order valence-corrected chi connectivity index (χ2v) is 3.83. The van der Waals surface area contributed by atoms with Crippen LogP contribution in [-0.4, -0.2) is 29.1 Å². The van der Waals surface area contributed by atoms with Crippen LogP contribution in [0.5, 0.6) is 0 Å². The van der Waals surface area contributed by atoms with Gasteiger partial charge in [0, 0.05) is 13.1 Å². The maximum absolute atomic E-state index is 11.8. The summed E-state index contributed by atoms with van der Waals surface area (Å²) in [7, 11) is 0. The van der Waals surface area contributed by atoms with Gasteiger partial charge in [-0.3, -0.25) is 4.79 Å². The average Bonchev–Trinajstić information content (AvgIpc) is 2.21. The van der Waals surface area contributed by atoms with Crippen LogP contribution in [-0.2, 0) is 4.79 Å². The first-order valence-corrected chi connectivity index (χ1v) is 5.51. The van der Waals surface area contributed by atoms with Crippen LogP contribution in [0.3, 0.4) is 0 Å². The minimum atomic E-state index is -0.00935. The highest BCUT2D eigenvalue weighted by Gasteiger charge is 2.20. The number of allylic oxidation sites excluding steroid dienone is 2. The van der Waals surface area contributed by atoms with E-state index in [1.54, 1.807) is 11.8 Å². The molecule has 72 valence electrons. The number of nitrogens with zero attached hydrogens (tertiary/aromatic N) is 1. The van der Waals surface area contributed by atoms with Gasteiger partial charge < -0.3 is 4.90 Å². The summed E-state index contributed by atoms with van der Waals surface area (Å²) in [5, 5.41) is 1.95. The monoisotopic (exact) mass is 197 g/mol. The Morgan fingerprint density at radius 1 is 1.38 bits per heavy atom. The molecule has 0 aromatic heterocycles. The Kier molecular flexibility index (Phi) is 4.09. The third-order valence-electron chi connectivity index (χ3n) is 2.02. The molecular weight excluding hydrogens is 182 g/mol. The first-order valence-electron chi connectivity index (χ1n) is 4.57. The summed E-state index contributed by atoms with van der Waals surface area (Å²) in [5.41, 5.74) is 0. The zero-order valence-corrected chi connectivity index (χ0v) is 8.88. The van der Waals surface area contributed by atoms with E-state index in [9.17, 15) is 4.79 Å². The Balaban J connectivity index is 2.56. The van der Waals surface area contributed by atoms with Crippen LogP contribution in [0.25, 0.3) is 0 Å². The van der Waals surface area contributed by atoms with Gasteiger partial charge in [0.15, 0.2) is 0 Å². The lowest BCUT2D eigenvalue weighted by molar-refractivity contribution is -0.129. The molecule has 1 atom stereocenters. The van der Waals surface area contributed by atoms with Gasteiger partial charge in [-0.2, -0.15) is 0 Å². The SMILES string of the molecule is CCN(CC)C(=O)C1C=CC=CS1. The van der Waals surface area contributed by atoms with E-state index in [0.717, 1.165) is 13.1 Å². The minimum absolute atomic E-state index is 0.00935. The molecule has 1 heterocycles. The van der Waals surface area contributed by atoms with Gasteiger partial charge in [-0.25, -0.2) is 0 Å². The van der Waals surface area contributed by atoms with E-state index in [2.05, 4.69) is 0 Å². The van der Waals surface area contributed by atoms with Crippen LogP contribution >= 0.6 is 11.8 Å². The lowest BCUT2D eigenvalue weighted by Crippen LogP contribution is -2.36. The predicted octanol–water partition coefficient (Wildman–Crippen LogP) is 2.04. The molecule has 1 amide bonds. The standard InChI is InChI=1S/C10H15NOS/c1-3-11(4-2)10(12)9-7-5-6-8-13-9/h5-9H,3-4H2,1-2H3. The summed E-state index contributed by atoms with van der Waals surface area (Å²) >= 11 is 1.57. The fourth-order valence-electron chi connectivity index (χ4n) is 1.24. The van der Waals surface area contributed by atoms with Crippen molar-refractivity contribution in [2.24, 2.45) is 0 Å². The first-order chi connectivity index (χ1) is 6.29. The zero-order chi connectivity index (χ0) is 9.68. The molecular formula is C10H15NOS. The number of rotatable bonds is 3. The number of carbonyl (C=O) groups is 1. The van der Waals surface area contributed by atoms with Gasteiger partial charge in [0.25, 0.3) is 0 Å². The molecule has 3 heteroatoms. The van der Waals surface area contributed by atoms with Crippen LogP contribution < -0.4 is 0 Å². The third-order valence-corrected chi connectivity index (χ3v) is 2.99. The van der Waals surface area contributed by atoms with Crippen molar-refractivity contribution in [3.8, 4) is 0 Å². The fraction of sp³-hybridized carbons (Fsp3) is 0.500. The Morgan fingerprint density at radius 3 is 2.54 bits per heavy atom. The Labute approximate surface area is 83.7 Å². The van der Waals surface area contributed by atoms with Crippen LogP contribution in [0.1, 0.15) is 13.8 Å². The summed E-state index contributed by atoms with van der Waals surface area (Å²) in [6.45, 7) is 5.61. The molecule has 0 bridgehead atoms. The highest BCUT2D eigenvalue weighted by Crippen LogP contribution is 2.20. The van der Waals surface area contributed by atoms with E-state index in [1.807, 2.05) is 42.4 Å². The highest BCUT2D eigenvalue weighted by atomic mass is 32.2. The molecule has 0 N–H and O–H groups in total. The maximum Gasteiger partial charge on any atom is 0.239 e. The molecule has 0 radical (unpaired) electrons. The molecule has 0 saturated heterocycles. The molecule has 0 aromatic carbocycles. The first kappa shape index (κ1) is 10.4. The molecule has 0 aliphatic carbocycles. The van der Waals surface area contributed by atoms with Crippen molar-refractivity contribution in [1.29, 1.82) is 0 Å². The summed E-state index contributed by atoms with van der Waals surface area (Å²) < 4.78 is 0. The van der Waals surface area contributed by atoms with Gasteiger partial charge in [0.05, 0.1) is 0 Å². The van der Waals surface area contributed by atoms with Crippen molar-refractivity contribution >= 4 is 17.7 Å². The van der Waals surface area contributed by atoms with Crippen LogP contribution in [0, 0.1) is 0 Å². The molecule has 0 aromatic rings. The average molecular weight is 197 g/mol. The fourth-order valence-corrected chi connectivity index (χ4v) is 2.04. The molecule has 1 aliphatic rings. The van der Waals surface area contributed by atoms with Crippen molar-refractivity contribution in [2.45, 2.75) is 19.1 Å². The molecule has 1 rings (SSSR count). The predicted molar refractivity (Wildman–Crippen MR) is 57.6 cm³/mol. The molecule has 0 fully saturated rings. The number of carbonyl (C=O) groups excluding carboxylic acids is 1. The molecule has 0 spiro atoms. The lowest BCUT2D eigenvalue weighted by atomic mass is 10.3. The van der Waals surface area contributed by atoms with E-state index < -0.39 is 0 Å². The topological polar surface area (TPSA) is 20.3 Å². The Hall–Kier alpha value is -0.700. The number of amides is 1. The normalized spacial score (nSPS) is 20.3. The van der Waals surface area contributed by atoms with Gasteiger partial charge in [-0.1, -0.05) is 18.2 Å². The lowest BCUT2D eigenvalue weighted by Gasteiger charge is -2.22. The van der Waals surface area contributed by atoms with Crippen molar-refractivity contribution < 1.29 is 4.79 Å². The van der Waals surface area contributed by atoms with E-state index in [0.29, 0.717) is 0 Å². The van der Waals surface area contributed by atoms with Crippen molar-refractivity contribution in [3.05, 3.63) is 23.6 Å². The Morgan fingerprint density at radius 2 is 2.08 bits per heavy atom. The van der Waals surface area contributed by atoms with Crippen molar-refractivity contribution in [2.75, 3.05) is 13.1 Å². The largest absolute Gasteiger partial charge is 0.342 e. The molecule has 0 saturated carbocycles. The van der Waals surface area contributed by atoms with Crippen molar-refractivity contribution in [1.82, 2.24) is 4.90 Å². The number of thioether (sulfide) groups is 1. The summed E-state index contributed by atoms with van der Waals surface area (Å²) in [5.74, 6) is 0.218. The summed E-state index contributed by atoms with van der Waals surface area (Å²) in [6, 6.07) is 0. The minimum Gasteiger partial charge on any atom is -0.342 e. The zero-order valence-electron chi connectivity index (χ0n) is 8.06. The highest BCUT2D eigenvalue weighted by molar-refractivity contribution is 8.03. The van der Waals surface area contributed by atoms with E-state index in [-0.39, 0.29) is 11.2 Å². The summed E-state index contributed by atoms with van der Waals surface area (Å²) in [4.78, 5) is 13.6. The van der Waals surface area contributed by atoms with Gasteiger partial charge >= 0.3 is 0 Å². The maximum atomic E-state index is 11.8. The van der Waals surface area contributed by atoms with E-state index >= 15 is 0 Å². The van der Waals surface area contributed by atoms with Gasteiger partial charge in [-0.05, 0) is 19.3 Å². The number of hydrogen-bond donors (Lipinski definition) is 0. The van der Waals surface area contributed by atoms with Gasteiger partial charge in [0.1, 0.15) is 5.25 Å². The smallest absolute Gasteiger partial charge is 0.239 e. The van der Waals surface area contributed by atoms with E-state index in [4.69, 9.17) is 0 Å². The number of hydrogen-bond acceptors (Lipinski definition) is 2. The van der Waals surface area contributed by atoms with E-state index in [1.165, 1.54) is 0 Å².